The van der Waals surface area contributed by atoms with Gasteiger partial charge in [0.15, 0.2) is 0 Å². The van der Waals surface area contributed by atoms with E-state index in [0.29, 0.717) is 25.8 Å². The van der Waals surface area contributed by atoms with Crippen LogP contribution in [-0.4, -0.2) is 57.4 Å². The molecular formula is C19H25N3O3. The quantitative estimate of drug-likeness (QED) is 0.895. The summed E-state index contributed by atoms with van der Waals surface area (Å²) in [4.78, 5) is 32.9. The van der Waals surface area contributed by atoms with Gasteiger partial charge in [-0.2, -0.15) is 0 Å². The molecule has 0 atom stereocenters. The van der Waals surface area contributed by atoms with Gasteiger partial charge in [-0.3, -0.25) is 14.6 Å². The standard InChI is InChI=1S/C19H25N3O3/c23-16-8-15(9-16)18(25)21-6-3-19(4-7-21)10-17(24)22(13-19)12-14-2-1-5-20-11-14/h1-2,5,11,15-16,23H,3-4,6-10,12-13H2. The van der Waals surface area contributed by atoms with Gasteiger partial charge in [-0.05, 0) is 37.3 Å². The third-order valence-corrected chi connectivity index (χ3v) is 6.10. The highest BCUT2D eigenvalue weighted by Crippen LogP contribution is 2.42. The van der Waals surface area contributed by atoms with Crippen LogP contribution in [0.25, 0.3) is 0 Å². The Labute approximate surface area is 147 Å². The molecule has 134 valence electrons. The maximum atomic E-state index is 12.5. The molecular weight excluding hydrogens is 318 g/mol. The predicted octanol–water partition coefficient (Wildman–Crippen LogP) is 1.19. The Morgan fingerprint density at radius 3 is 2.72 bits per heavy atom. The summed E-state index contributed by atoms with van der Waals surface area (Å²) in [6, 6.07) is 3.90. The van der Waals surface area contributed by atoms with Crippen molar-refractivity contribution in [1.29, 1.82) is 0 Å². The molecule has 0 bridgehead atoms. The Bertz CT molecular complexity index is 649. The normalized spacial score (nSPS) is 28.3. The van der Waals surface area contributed by atoms with Crippen LogP contribution in [-0.2, 0) is 16.1 Å². The van der Waals surface area contributed by atoms with Crippen molar-refractivity contribution in [3.63, 3.8) is 0 Å². The van der Waals surface area contributed by atoms with Gasteiger partial charge in [0.25, 0.3) is 0 Å². The van der Waals surface area contributed by atoms with E-state index in [1.165, 1.54) is 0 Å². The first-order valence-corrected chi connectivity index (χ1v) is 9.18. The lowest BCUT2D eigenvalue weighted by atomic mass is 9.76. The van der Waals surface area contributed by atoms with Crippen molar-refractivity contribution < 1.29 is 14.7 Å². The highest BCUT2D eigenvalue weighted by atomic mass is 16.3. The Hall–Kier alpha value is -1.95. The molecule has 0 radical (unpaired) electrons. The summed E-state index contributed by atoms with van der Waals surface area (Å²) in [6.45, 7) is 2.88. The van der Waals surface area contributed by atoms with Crippen molar-refractivity contribution >= 4 is 11.8 Å². The number of carbonyl (C=O) groups excluding carboxylic acids is 2. The van der Waals surface area contributed by atoms with E-state index in [2.05, 4.69) is 4.98 Å². The monoisotopic (exact) mass is 343 g/mol. The number of carbonyl (C=O) groups is 2. The average Bonchev–Trinajstić information content (AvgIpc) is 2.88. The largest absolute Gasteiger partial charge is 0.393 e. The van der Waals surface area contributed by atoms with E-state index in [-0.39, 0.29) is 29.3 Å². The van der Waals surface area contributed by atoms with Crippen molar-refractivity contribution in [1.82, 2.24) is 14.8 Å². The molecule has 0 unspecified atom stereocenters. The van der Waals surface area contributed by atoms with Gasteiger partial charge in [0.1, 0.15) is 0 Å². The minimum absolute atomic E-state index is 0.0105. The second-order valence-electron chi connectivity index (χ2n) is 7.94. The zero-order valence-electron chi connectivity index (χ0n) is 14.4. The maximum absolute atomic E-state index is 12.5. The number of aromatic nitrogens is 1. The molecule has 1 saturated carbocycles. The fourth-order valence-corrected chi connectivity index (χ4v) is 4.42. The Kier molecular flexibility index (Phi) is 4.23. The SMILES string of the molecule is O=C1CC2(CCN(C(=O)C3CC(O)C3)CC2)CN1Cc1cccnc1. The molecule has 6 heteroatoms. The first-order chi connectivity index (χ1) is 12.0. The number of likely N-dealkylation sites (tertiary alicyclic amines) is 2. The Morgan fingerprint density at radius 1 is 1.32 bits per heavy atom. The topological polar surface area (TPSA) is 73.7 Å². The summed E-state index contributed by atoms with van der Waals surface area (Å²) in [5.74, 6) is 0.416. The maximum Gasteiger partial charge on any atom is 0.225 e. The van der Waals surface area contributed by atoms with Crippen LogP contribution >= 0.6 is 0 Å². The minimum atomic E-state index is -0.293. The van der Waals surface area contributed by atoms with E-state index < -0.39 is 0 Å². The summed E-state index contributed by atoms with van der Waals surface area (Å²) in [7, 11) is 0. The van der Waals surface area contributed by atoms with Crippen LogP contribution in [0.4, 0.5) is 0 Å². The van der Waals surface area contributed by atoms with E-state index in [1.807, 2.05) is 28.1 Å². The zero-order valence-corrected chi connectivity index (χ0v) is 14.4. The van der Waals surface area contributed by atoms with Crippen LogP contribution in [0.5, 0.6) is 0 Å². The lowest BCUT2D eigenvalue weighted by Gasteiger charge is -2.42. The first kappa shape index (κ1) is 16.5. The molecule has 1 spiro atoms. The van der Waals surface area contributed by atoms with Crippen LogP contribution in [0.2, 0.25) is 0 Å². The first-order valence-electron chi connectivity index (χ1n) is 9.18. The molecule has 3 heterocycles. The molecule has 3 fully saturated rings. The highest BCUT2D eigenvalue weighted by Gasteiger charge is 2.46. The summed E-state index contributed by atoms with van der Waals surface area (Å²) >= 11 is 0. The summed E-state index contributed by atoms with van der Waals surface area (Å²) in [5, 5.41) is 9.39. The fraction of sp³-hybridized carbons (Fsp3) is 0.632. The van der Waals surface area contributed by atoms with Crippen LogP contribution in [0.3, 0.4) is 0 Å². The molecule has 1 N–H and O–H groups in total. The fourth-order valence-electron chi connectivity index (χ4n) is 4.42. The van der Waals surface area contributed by atoms with E-state index in [4.69, 9.17) is 0 Å². The number of nitrogens with zero attached hydrogens (tertiary/aromatic N) is 3. The Balaban J connectivity index is 1.33. The highest BCUT2D eigenvalue weighted by molar-refractivity contribution is 5.81. The van der Waals surface area contributed by atoms with E-state index in [0.717, 1.165) is 38.0 Å². The minimum Gasteiger partial charge on any atom is -0.393 e. The molecule has 6 nitrogen and oxygen atoms in total. The summed E-state index contributed by atoms with van der Waals surface area (Å²) in [5.41, 5.74) is 1.08. The number of pyridine rings is 1. The lowest BCUT2D eigenvalue weighted by Crippen LogP contribution is -2.49. The van der Waals surface area contributed by atoms with Gasteiger partial charge in [-0.25, -0.2) is 0 Å². The van der Waals surface area contributed by atoms with Gasteiger partial charge in [0.2, 0.25) is 11.8 Å². The molecule has 25 heavy (non-hydrogen) atoms. The van der Waals surface area contributed by atoms with Crippen molar-refractivity contribution in [3.8, 4) is 0 Å². The molecule has 2 amide bonds. The number of aliphatic hydroxyl groups excluding tert-OH is 1. The van der Waals surface area contributed by atoms with Gasteiger partial charge in [-0.15, -0.1) is 0 Å². The number of rotatable bonds is 3. The smallest absolute Gasteiger partial charge is 0.225 e. The molecule has 4 rings (SSSR count). The van der Waals surface area contributed by atoms with Crippen LogP contribution in [0.15, 0.2) is 24.5 Å². The van der Waals surface area contributed by atoms with E-state index >= 15 is 0 Å². The molecule has 3 aliphatic rings. The average molecular weight is 343 g/mol. The van der Waals surface area contributed by atoms with Gasteiger partial charge < -0.3 is 14.9 Å². The lowest BCUT2D eigenvalue weighted by molar-refractivity contribution is -0.144. The predicted molar refractivity (Wildman–Crippen MR) is 91.2 cm³/mol. The van der Waals surface area contributed by atoms with Gasteiger partial charge in [0.05, 0.1) is 6.10 Å². The Morgan fingerprint density at radius 2 is 2.08 bits per heavy atom. The van der Waals surface area contributed by atoms with Crippen molar-refractivity contribution in [3.05, 3.63) is 30.1 Å². The third kappa shape index (κ3) is 3.27. The van der Waals surface area contributed by atoms with E-state index in [9.17, 15) is 14.7 Å². The number of amides is 2. The van der Waals surface area contributed by atoms with Crippen molar-refractivity contribution in [2.45, 2.75) is 44.8 Å². The number of piperidine rings is 1. The van der Waals surface area contributed by atoms with Crippen molar-refractivity contribution in [2.75, 3.05) is 19.6 Å². The van der Waals surface area contributed by atoms with Crippen LogP contribution in [0.1, 0.15) is 37.7 Å². The van der Waals surface area contributed by atoms with Crippen LogP contribution in [0, 0.1) is 11.3 Å². The molecule has 2 saturated heterocycles. The van der Waals surface area contributed by atoms with Gasteiger partial charge in [-0.1, -0.05) is 6.07 Å². The second-order valence-corrected chi connectivity index (χ2v) is 7.94. The molecule has 2 aliphatic heterocycles. The van der Waals surface area contributed by atoms with Gasteiger partial charge >= 0.3 is 0 Å². The second kappa shape index (κ2) is 6.41. The molecule has 1 aromatic rings. The van der Waals surface area contributed by atoms with Gasteiger partial charge in [0, 0.05) is 56.3 Å². The number of hydrogen-bond donors (Lipinski definition) is 1. The van der Waals surface area contributed by atoms with Crippen molar-refractivity contribution in [2.24, 2.45) is 11.3 Å². The number of aliphatic hydroxyl groups is 1. The number of hydrogen-bond acceptors (Lipinski definition) is 4. The third-order valence-electron chi connectivity index (χ3n) is 6.10. The molecule has 1 aromatic heterocycles. The molecule has 1 aliphatic carbocycles. The zero-order chi connectivity index (χ0) is 17.4. The molecule has 0 aromatic carbocycles. The van der Waals surface area contributed by atoms with Crippen LogP contribution < -0.4 is 0 Å². The van der Waals surface area contributed by atoms with E-state index in [1.54, 1.807) is 6.20 Å². The summed E-state index contributed by atoms with van der Waals surface area (Å²) in [6.07, 6.45) is 6.86. The summed E-state index contributed by atoms with van der Waals surface area (Å²) < 4.78 is 0.